The van der Waals surface area contributed by atoms with E-state index in [1.54, 1.807) is 0 Å². The van der Waals surface area contributed by atoms with Crippen LogP contribution in [0.5, 0.6) is 11.5 Å². The topological polar surface area (TPSA) is 40.5 Å². The predicted octanol–water partition coefficient (Wildman–Crippen LogP) is 9.36. The summed E-state index contributed by atoms with van der Waals surface area (Å²) in [7, 11) is 0. The van der Waals surface area contributed by atoms with Crippen LogP contribution in [0.15, 0.2) is 35.4 Å². The van der Waals surface area contributed by atoms with Crippen LogP contribution in [-0.4, -0.2) is 10.2 Å². The van der Waals surface area contributed by atoms with Crippen molar-refractivity contribution in [2.75, 3.05) is 0 Å². The normalized spacial score (nSPS) is 16.8. The van der Waals surface area contributed by atoms with Crippen LogP contribution in [0.3, 0.4) is 0 Å². The first-order chi connectivity index (χ1) is 15.9. The number of phenols is 2. The number of aryl methyl sites for hydroxylation is 2. The first kappa shape index (κ1) is 27.4. The second-order valence-corrected chi connectivity index (χ2v) is 13.8. The summed E-state index contributed by atoms with van der Waals surface area (Å²) < 4.78 is 0. The van der Waals surface area contributed by atoms with E-state index in [-0.39, 0.29) is 22.2 Å². The van der Waals surface area contributed by atoms with Crippen molar-refractivity contribution < 1.29 is 10.2 Å². The molecule has 2 heteroatoms. The van der Waals surface area contributed by atoms with Crippen LogP contribution in [0.1, 0.15) is 127 Å². The Hall–Kier alpha value is -2.22. The number of hydrogen-bond donors (Lipinski definition) is 2. The molecule has 2 N–H and O–H groups in total. The molecule has 3 rings (SSSR count). The molecule has 0 heterocycles. The highest BCUT2D eigenvalue weighted by Crippen LogP contribution is 2.51. The fraction of sp³-hybridized carbons (Fsp3) is 0.576. The summed E-state index contributed by atoms with van der Waals surface area (Å²) in [6, 6.07) is 8.50. The Kier molecular flexibility index (Phi) is 7.30. The van der Waals surface area contributed by atoms with Crippen LogP contribution in [0.25, 0.3) is 0 Å². The van der Waals surface area contributed by atoms with Gasteiger partial charge >= 0.3 is 0 Å². The maximum Gasteiger partial charge on any atom is 0.123 e. The molecule has 192 valence electrons. The van der Waals surface area contributed by atoms with E-state index in [0.717, 1.165) is 46.2 Å². The zero-order valence-electron chi connectivity index (χ0n) is 24.1. The van der Waals surface area contributed by atoms with E-state index < -0.39 is 0 Å². The van der Waals surface area contributed by atoms with Crippen LogP contribution in [0.4, 0.5) is 0 Å². The van der Waals surface area contributed by atoms with Gasteiger partial charge in [-0.3, -0.25) is 0 Å². The maximum absolute atomic E-state index is 11.7. The summed E-state index contributed by atoms with van der Waals surface area (Å²) in [4.78, 5) is 0. The molecule has 2 aromatic rings. The minimum atomic E-state index is -0.181. The molecule has 0 atom stereocenters. The standard InChI is InChI=1S/C33H48O2/c1-20-15-24(29(34)27(17-20)31(4,5)6)23(19-26-22(3)13-12-14-33(26,10)11)25-16-21(2)18-28(30(25)35)32(7,8)9/h15-18,23,34-35H,12-14,19H2,1-11H3. The third kappa shape index (κ3) is 5.63. The average molecular weight is 477 g/mol. The molecule has 0 unspecified atom stereocenters. The lowest BCUT2D eigenvalue weighted by molar-refractivity contribution is 0.347. The Labute approximate surface area is 214 Å². The molecule has 35 heavy (non-hydrogen) atoms. The smallest absolute Gasteiger partial charge is 0.123 e. The number of rotatable bonds is 4. The molecule has 2 aromatic carbocycles. The molecular weight excluding hydrogens is 428 g/mol. The fourth-order valence-electron chi connectivity index (χ4n) is 6.01. The zero-order valence-corrected chi connectivity index (χ0v) is 24.1. The van der Waals surface area contributed by atoms with Gasteiger partial charge in [0.25, 0.3) is 0 Å². The van der Waals surface area contributed by atoms with Gasteiger partial charge < -0.3 is 10.2 Å². The second-order valence-electron chi connectivity index (χ2n) is 13.8. The summed E-state index contributed by atoms with van der Waals surface area (Å²) in [6.07, 6.45) is 4.33. The number of phenolic OH excluding ortho intramolecular Hbond substituents is 2. The molecule has 2 nitrogen and oxygen atoms in total. The van der Waals surface area contributed by atoms with Crippen LogP contribution in [-0.2, 0) is 10.8 Å². The average Bonchev–Trinajstić information content (AvgIpc) is 2.69. The third-order valence-electron chi connectivity index (χ3n) is 8.03. The molecule has 0 amide bonds. The number of aromatic hydroxyl groups is 2. The van der Waals surface area contributed by atoms with Gasteiger partial charge in [0.05, 0.1) is 0 Å². The molecule has 0 bridgehead atoms. The number of hydrogen-bond acceptors (Lipinski definition) is 2. The second kappa shape index (κ2) is 9.34. The zero-order chi connectivity index (χ0) is 26.5. The third-order valence-corrected chi connectivity index (χ3v) is 8.03. The van der Waals surface area contributed by atoms with Gasteiger partial charge in [-0.15, -0.1) is 0 Å². The van der Waals surface area contributed by atoms with Gasteiger partial charge in [0.1, 0.15) is 11.5 Å². The summed E-state index contributed by atoms with van der Waals surface area (Å²) in [5, 5.41) is 23.4. The van der Waals surface area contributed by atoms with E-state index in [1.165, 1.54) is 24.0 Å². The SMILES string of the molecule is CC1=C(CC(c2cc(C)cc(C(C)(C)C)c2O)c2cc(C)cc(C(C)(C)C)c2O)C(C)(C)CCC1. The minimum Gasteiger partial charge on any atom is -0.507 e. The predicted molar refractivity (Wildman–Crippen MR) is 150 cm³/mol. The van der Waals surface area contributed by atoms with E-state index in [9.17, 15) is 10.2 Å². The molecule has 0 saturated carbocycles. The minimum absolute atomic E-state index is 0.110. The van der Waals surface area contributed by atoms with E-state index in [4.69, 9.17) is 0 Å². The van der Waals surface area contributed by atoms with Crippen LogP contribution in [0.2, 0.25) is 0 Å². The van der Waals surface area contributed by atoms with Crippen LogP contribution < -0.4 is 0 Å². The highest BCUT2D eigenvalue weighted by atomic mass is 16.3. The van der Waals surface area contributed by atoms with Gasteiger partial charge in [0.15, 0.2) is 0 Å². The van der Waals surface area contributed by atoms with Crippen molar-refractivity contribution in [3.8, 4) is 11.5 Å². The first-order valence-electron chi connectivity index (χ1n) is 13.3. The van der Waals surface area contributed by atoms with Crippen molar-refractivity contribution in [1.29, 1.82) is 0 Å². The number of allylic oxidation sites excluding steroid dienone is 2. The van der Waals surface area contributed by atoms with E-state index in [1.807, 2.05) is 0 Å². The molecule has 0 spiro atoms. The van der Waals surface area contributed by atoms with E-state index in [0.29, 0.717) is 11.5 Å². The molecule has 1 aliphatic rings. The number of benzene rings is 2. The maximum atomic E-state index is 11.7. The first-order valence-corrected chi connectivity index (χ1v) is 13.3. The lowest BCUT2D eigenvalue weighted by atomic mass is 9.67. The molecule has 0 radical (unpaired) electrons. The Morgan fingerprint density at radius 3 is 1.57 bits per heavy atom. The molecule has 1 aliphatic carbocycles. The Balaban J connectivity index is 2.36. The van der Waals surface area contributed by atoms with Crippen LogP contribution in [0, 0.1) is 19.3 Å². The van der Waals surface area contributed by atoms with Gasteiger partial charge in [-0.05, 0) is 73.8 Å². The molecule has 0 aliphatic heterocycles. The molecule has 0 aromatic heterocycles. The van der Waals surface area contributed by atoms with E-state index in [2.05, 4.69) is 100 Å². The lowest BCUT2D eigenvalue weighted by Crippen LogP contribution is -2.23. The Morgan fingerprint density at radius 2 is 1.20 bits per heavy atom. The van der Waals surface area contributed by atoms with Crippen molar-refractivity contribution in [3.05, 3.63) is 68.8 Å². The van der Waals surface area contributed by atoms with E-state index >= 15 is 0 Å². The van der Waals surface area contributed by atoms with Crippen molar-refractivity contribution in [2.45, 2.75) is 119 Å². The van der Waals surface area contributed by atoms with Gasteiger partial charge in [-0.1, -0.05) is 102 Å². The fourth-order valence-corrected chi connectivity index (χ4v) is 6.01. The van der Waals surface area contributed by atoms with Crippen LogP contribution >= 0.6 is 0 Å². The van der Waals surface area contributed by atoms with Gasteiger partial charge in [-0.25, -0.2) is 0 Å². The van der Waals surface area contributed by atoms with Crippen molar-refractivity contribution in [1.82, 2.24) is 0 Å². The van der Waals surface area contributed by atoms with Crippen molar-refractivity contribution >= 4 is 0 Å². The highest BCUT2D eigenvalue weighted by Gasteiger charge is 2.35. The Morgan fingerprint density at radius 1 is 0.771 bits per heavy atom. The van der Waals surface area contributed by atoms with Gasteiger partial charge in [-0.2, -0.15) is 0 Å². The van der Waals surface area contributed by atoms with Gasteiger partial charge in [0, 0.05) is 17.0 Å². The summed E-state index contributed by atoms with van der Waals surface area (Å²) in [6.45, 7) is 24.1. The lowest BCUT2D eigenvalue weighted by Gasteiger charge is -2.37. The summed E-state index contributed by atoms with van der Waals surface area (Å²) in [5.74, 6) is 0.621. The Bertz CT molecular complexity index is 1060. The van der Waals surface area contributed by atoms with Gasteiger partial charge in [0.2, 0.25) is 0 Å². The summed E-state index contributed by atoms with van der Waals surface area (Å²) in [5.41, 5.74) is 8.77. The molecular formula is C33H48O2. The van der Waals surface area contributed by atoms with Crippen molar-refractivity contribution in [2.24, 2.45) is 5.41 Å². The van der Waals surface area contributed by atoms with Crippen molar-refractivity contribution in [3.63, 3.8) is 0 Å². The molecule has 0 saturated heterocycles. The monoisotopic (exact) mass is 476 g/mol. The molecule has 0 fully saturated rings. The quantitative estimate of drug-likeness (QED) is 0.431. The largest absolute Gasteiger partial charge is 0.507 e. The highest BCUT2D eigenvalue weighted by molar-refractivity contribution is 5.57. The summed E-state index contributed by atoms with van der Waals surface area (Å²) >= 11 is 0.